The van der Waals surface area contributed by atoms with Gasteiger partial charge in [-0.3, -0.25) is 5.10 Å². The van der Waals surface area contributed by atoms with Gasteiger partial charge >= 0.3 is 11.9 Å². The Balaban J connectivity index is 0. The third kappa shape index (κ3) is 10.4. The molecule has 1 heterocycles. The number of hydrogen-bond acceptors (Lipinski definition) is 5. The number of carbonyl (C=O) groups is 2. The van der Waals surface area contributed by atoms with E-state index in [1.165, 1.54) is 6.07 Å². The molecule has 0 radical (unpaired) electrons. The normalized spacial score (nSPS) is 9.47. The summed E-state index contributed by atoms with van der Waals surface area (Å²) in [6, 6.07) is 1.30. The lowest BCUT2D eigenvalue weighted by molar-refractivity contribution is -0.129. The fraction of sp³-hybridized carbons (Fsp3) is 0.364. The van der Waals surface area contributed by atoms with E-state index in [-0.39, 0.29) is 11.6 Å². The Morgan fingerprint density at radius 2 is 1.58 bits per heavy atom. The van der Waals surface area contributed by atoms with E-state index in [1.54, 1.807) is 0 Å². The van der Waals surface area contributed by atoms with Crippen molar-refractivity contribution in [2.24, 2.45) is 9.98 Å². The SMILES string of the molecule is CC.CC.O=C(O)C=Nc1cc(/N=C/C(=O)O)[nH]n1. The van der Waals surface area contributed by atoms with Gasteiger partial charge in [0.15, 0.2) is 5.82 Å². The molecule has 1 aromatic rings. The molecule has 3 N–H and O–H groups in total. The van der Waals surface area contributed by atoms with Gasteiger partial charge in [-0.1, -0.05) is 27.7 Å². The largest absolute Gasteiger partial charge is 0.477 e. The minimum absolute atomic E-state index is 0.106. The van der Waals surface area contributed by atoms with E-state index < -0.39 is 11.9 Å². The number of aliphatic imine (C=N–C) groups is 2. The molecule has 8 nitrogen and oxygen atoms in total. The van der Waals surface area contributed by atoms with E-state index in [9.17, 15) is 9.59 Å². The number of rotatable bonds is 4. The van der Waals surface area contributed by atoms with Crippen molar-refractivity contribution < 1.29 is 19.8 Å². The van der Waals surface area contributed by atoms with E-state index >= 15 is 0 Å². The summed E-state index contributed by atoms with van der Waals surface area (Å²) in [5.74, 6) is -2.11. The fourth-order valence-corrected chi connectivity index (χ4v) is 0.680. The van der Waals surface area contributed by atoms with Gasteiger partial charge in [-0.05, 0) is 0 Å². The van der Waals surface area contributed by atoms with Crippen molar-refractivity contribution in [3.8, 4) is 0 Å². The zero-order valence-electron chi connectivity index (χ0n) is 11.3. The van der Waals surface area contributed by atoms with Gasteiger partial charge in [0.1, 0.15) is 18.2 Å². The van der Waals surface area contributed by atoms with E-state index in [0.717, 1.165) is 0 Å². The molecule has 1 aromatic heterocycles. The number of H-pyrrole nitrogens is 1. The molecule has 0 spiro atoms. The van der Waals surface area contributed by atoms with Gasteiger partial charge < -0.3 is 10.2 Å². The molecular weight excluding hydrogens is 252 g/mol. The number of aliphatic carboxylic acids is 2. The molecule has 0 aliphatic rings. The number of carboxylic acids is 2. The topological polar surface area (TPSA) is 128 Å². The maximum Gasteiger partial charge on any atom is 0.347 e. The Morgan fingerprint density at radius 3 is 2.05 bits per heavy atom. The van der Waals surface area contributed by atoms with E-state index in [4.69, 9.17) is 10.2 Å². The Bertz CT molecular complexity index is 399. The van der Waals surface area contributed by atoms with Crippen molar-refractivity contribution in [2.45, 2.75) is 27.7 Å². The van der Waals surface area contributed by atoms with Crippen molar-refractivity contribution in [1.29, 1.82) is 0 Å². The van der Waals surface area contributed by atoms with E-state index in [0.29, 0.717) is 12.4 Å². The van der Waals surface area contributed by atoms with Crippen molar-refractivity contribution in [3.05, 3.63) is 6.07 Å². The quantitative estimate of drug-likeness (QED) is 0.721. The highest BCUT2D eigenvalue weighted by molar-refractivity contribution is 6.23. The first-order valence-corrected chi connectivity index (χ1v) is 5.67. The van der Waals surface area contributed by atoms with Crippen LogP contribution in [0.15, 0.2) is 16.1 Å². The van der Waals surface area contributed by atoms with Gasteiger partial charge in [-0.2, -0.15) is 5.10 Å². The van der Waals surface area contributed by atoms with Crippen molar-refractivity contribution >= 4 is 36.0 Å². The maximum atomic E-state index is 10.1. The predicted octanol–water partition coefficient (Wildman–Crippen LogP) is 2.04. The Hall–Kier alpha value is -2.51. The highest BCUT2D eigenvalue weighted by atomic mass is 16.4. The molecule has 0 atom stereocenters. The summed E-state index contributed by atoms with van der Waals surface area (Å²) in [4.78, 5) is 27.2. The molecule has 19 heavy (non-hydrogen) atoms. The summed E-state index contributed by atoms with van der Waals surface area (Å²) in [6.07, 6.45) is 1.35. The van der Waals surface area contributed by atoms with Crippen LogP contribution in [0.1, 0.15) is 27.7 Å². The summed E-state index contributed by atoms with van der Waals surface area (Å²) in [5, 5.41) is 22.5. The number of hydrogen-bond donors (Lipinski definition) is 3. The minimum Gasteiger partial charge on any atom is -0.477 e. The average molecular weight is 270 g/mol. The van der Waals surface area contributed by atoms with Crippen LogP contribution in [0.25, 0.3) is 0 Å². The number of nitrogens with one attached hydrogen (secondary N) is 1. The molecular formula is C11H18N4O4. The third-order valence-electron chi connectivity index (χ3n) is 1.17. The lowest BCUT2D eigenvalue weighted by atomic mass is 10.6. The zero-order valence-corrected chi connectivity index (χ0v) is 11.3. The molecule has 0 fully saturated rings. The molecule has 0 unspecified atom stereocenters. The smallest absolute Gasteiger partial charge is 0.347 e. The van der Waals surface area contributed by atoms with Crippen LogP contribution in [0.4, 0.5) is 11.6 Å². The molecule has 0 aliphatic carbocycles. The molecule has 0 bridgehead atoms. The lowest BCUT2D eigenvalue weighted by Gasteiger charge is -1.80. The standard InChI is InChI=1S/C7H6N4O4.2C2H6/c12-6(13)2-8-4-1-5(11-10-4)9-3-7(14)15;2*1-2/h1-3H,(H,10,11)(H,12,13)(H,14,15);2*1-2H3/b8-2+,9-3?;;. The van der Waals surface area contributed by atoms with Crippen LogP contribution in [-0.4, -0.2) is 44.8 Å². The molecule has 0 aromatic carbocycles. The van der Waals surface area contributed by atoms with Gasteiger partial charge in [-0.15, -0.1) is 0 Å². The second-order valence-electron chi connectivity index (χ2n) is 2.30. The molecule has 0 saturated heterocycles. The van der Waals surface area contributed by atoms with Crippen molar-refractivity contribution in [3.63, 3.8) is 0 Å². The van der Waals surface area contributed by atoms with Crippen LogP contribution in [0, 0.1) is 0 Å². The molecule has 106 valence electrons. The lowest BCUT2D eigenvalue weighted by Crippen LogP contribution is -1.93. The first kappa shape index (κ1) is 18.8. The first-order valence-electron chi connectivity index (χ1n) is 5.67. The van der Waals surface area contributed by atoms with Gasteiger partial charge in [0, 0.05) is 6.07 Å². The second-order valence-corrected chi connectivity index (χ2v) is 2.30. The minimum atomic E-state index is -1.20. The molecule has 1 rings (SSSR count). The van der Waals surface area contributed by atoms with Crippen LogP contribution in [-0.2, 0) is 9.59 Å². The molecule has 0 amide bonds. The fourth-order valence-electron chi connectivity index (χ4n) is 0.680. The number of carboxylic acid groups (broad SMARTS) is 2. The summed E-state index contributed by atoms with van der Waals surface area (Å²) in [5.41, 5.74) is 0. The zero-order chi connectivity index (χ0) is 15.3. The average Bonchev–Trinajstić information content (AvgIpc) is 2.87. The summed E-state index contributed by atoms with van der Waals surface area (Å²) < 4.78 is 0. The summed E-state index contributed by atoms with van der Waals surface area (Å²) in [6.45, 7) is 8.00. The van der Waals surface area contributed by atoms with Crippen molar-refractivity contribution in [2.75, 3.05) is 0 Å². The van der Waals surface area contributed by atoms with E-state index in [2.05, 4.69) is 20.2 Å². The van der Waals surface area contributed by atoms with Gasteiger partial charge in [0.25, 0.3) is 0 Å². The Morgan fingerprint density at radius 1 is 1.11 bits per heavy atom. The third-order valence-corrected chi connectivity index (χ3v) is 1.17. The monoisotopic (exact) mass is 270 g/mol. The number of nitrogens with zero attached hydrogens (tertiary/aromatic N) is 3. The highest BCUT2D eigenvalue weighted by Gasteiger charge is 1.98. The molecule has 0 saturated carbocycles. The molecule has 8 heteroatoms. The molecule has 0 aliphatic heterocycles. The first-order chi connectivity index (χ1) is 9.08. The maximum absolute atomic E-state index is 10.1. The Kier molecular flexibility index (Phi) is 11.9. The van der Waals surface area contributed by atoms with Crippen LogP contribution in [0.5, 0.6) is 0 Å². The summed E-state index contributed by atoms with van der Waals surface area (Å²) in [7, 11) is 0. The predicted molar refractivity (Wildman–Crippen MR) is 72.9 cm³/mol. The van der Waals surface area contributed by atoms with Gasteiger partial charge in [0.2, 0.25) is 0 Å². The second kappa shape index (κ2) is 12.0. The van der Waals surface area contributed by atoms with Gasteiger partial charge in [0.05, 0.1) is 0 Å². The number of aromatic amines is 1. The van der Waals surface area contributed by atoms with Gasteiger partial charge in [-0.25, -0.2) is 19.6 Å². The Labute approximate surface area is 110 Å². The van der Waals surface area contributed by atoms with Crippen molar-refractivity contribution in [1.82, 2.24) is 10.2 Å². The number of aromatic nitrogens is 2. The highest BCUT2D eigenvalue weighted by Crippen LogP contribution is 2.14. The summed E-state index contributed by atoms with van der Waals surface area (Å²) >= 11 is 0. The van der Waals surface area contributed by atoms with Crippen LogP contribution in [0.3, 0.4) is 0 Å². The van der Waals surface area contributed by atoms with Crippen LogP contribution in [0.2, 0.25) is 0 Å². The van der Waals surface area contributed by atoms with Crippen LogP contribution < -0.4 is 0 Å². The van der Waals surface area contributed by atoms with Crippen LogP contribution >= 0.6 is 0 Å². The van der Waals surface area contributed by atoms with E-state index in [1.807, 2.05) is 27.7 Å².